The summed E-state index contributed by atoms with van der Waals surface area (Å²) in [5.74, 6) is 2.62. The van der Waals surface area contributed by atoms with Crippen LogP contribution < -0.4 is 10.7 Å². The largest absolute Gasteiger partial charge is 0.344 e. The van der Waals surface area contributed by atoms with Gasteiger partial charge in [0.05, 0.1) is 4.88 Å². The lowest BCUT2D eigenvalue weighted by Gasteiger charge is -2.49. The van der Waals surface area contributed by atoms with Crippen LogP contribution in [-0.2, 0) is 0 Å². The molecule has 5 heteroatoms. The second kappa shape index (κ2) is 4.71. The molecule has 1 spiro atoms. The number of rotatable bonds is 1. The van der Waals surface area contributed by atoms with Gasteiger partial charge in [-0.15, -0.1) is 11.3 Å². The Labute approximate surface area is 142 Å². The monoisotopic (exact) mass is 375 g/mol. The van der Waals surface area contributed by atoms with Crippen LogP contribution in [0.5, 0.6) is 0 Å². The van der Waals surface area contributed by atoms with Gasteiger partial charge < -0.3 is 5.32 Å². The summed E-state index contributed by atoms with van der Waals surface area (Å²) >= 11 is 5.46. The van der Waals surface area contributed by atoms with Crippen LogP contribution in [0.4, 0.5) is 0 Å². The Bertz CT molecular complexity index is 775. The zero-order valence-corrected chi connectivity index (χ0v) is 14.6. The predicted octanol–water partition coefficient (Wildman–Crippen LogP) is 4.42. The molecule has 3 nitrogen and oxygen atoms in total. The Morgan fingerprint density at radius 2 is 2.09 bits per heavy atom. The highest BCUT2D eigenvalue weighted by Crippen LogP contribution is 2.47. The van der Waals surface area contributed by atoms with Crippen LogP contribution in [0.15, 0.2) is 33.8 Å². The van der Waals surface area contributed by atoms with Crippen molar-refractivity contribution in [1.29, 1.82) is 0 Å². The second-order valence-electron chi connectivity index (χ2n) is 6.86. The molecule has 2 N–H and O–H groups in total. The molecule has 22 heavy (non-hydrogen) atoms. The van der Waals surface area contributed by atoms with Gasteiger partial charge in [-0.05, 0) is 71.5 Å². The molecule has 0 unspecified atom stereocenters. The first-order valence-corrected chi connectivity index (χ1v) is 9.66. The van der Waals surface area contributed by atoms with Crippen LogP contribution in [0, 0.1) is 11.8 Å². The van der Waals surface area contributed by atoms with Crippen LogP contribution in [-0.4, -0.2) is 11.5 Å². The fourth-order valence-corrected chi connectivity index (χ4v) is 6.09. The van der Waals surface area contributed by atoms with E-state index in [4.69, 9.17) is 0 Å². The maximum atomic E-state index is 4.68. The van der Waals surface area contributed by atoms with E-state index in [1.165, 1.54) is 51.5 Å². The van der Waals surface area contributed by atoms with E-state index in [-0.39, 0.29) is 5.66 Å². The van der Waals surface area contributed by atoms with E-state index in [1.54, 1.807) is 0 Å². The first-order chi connectivity index (χ1) is 10.7. The molecular formula is C17H18BrN3S. The minimum Gasteiger partial charge on any atom is -0.344 e. The fourth-order valence-electron chi connectivity index (χ4n) is 4.46. The highest BCUT2D eigenvalue weighted by Gasteiger charge is 2.50. The zero-order valence-electron chi connectivity index (χ0n) is 12.2. The summed E-state index contributed by atoms with van der Waals surface area (Å²) in [4.78, 5) is 1.23. The van der Waals surface area contributed by atoms with Crippen molar-refractivity contribution in [3.63, 3.8) is 0 Å². The Morgan fingerprint density at radius 3 is 2.82 bits per heavy atom. The van der Waals surface area contributed by atoms with E-state index in [0.29, 0.717) is 0 Å². The van der Waals surface area contributed by atoms with Crippen molar-refractivity contribution in [2.45, 2.75) is 37.8 Å². The number of fused-ring (bicyclic) bond motifs is 3. The van der Waals surface area contributed by atoms with Crippen molar-refractivity contribution in [2.24, 2.45) is 16.9 Å². The first kappa shape index (κ1) is 13.4. The average Bonchev–Trinajstić information content (AvgIpc) is 3.14. The molecule has 1 aliphatic heterocycles. The molecule has 1 aromatic heterocycles. The summed E-state index contributed by atoms with van der Waals surface area (Å²) < 4.78 is 2.47. The van der Waals surface area contributed by atoms with Crippen molar-refractivity contribution >= 4 is 43.2 Å². The number of hydrogen-bond donors (Lipinski definition) is 2. The number of hydrogen-bond acceptors (Lipinski definition) is 4. The smallest absolute Gasteiger partial charge is 0.165 e. The molecule has 3 aliphatic carbocycles. The second-order valence-corrected chi connectivity index (χ2v) is 8.77. The Kier molecular flexibility index (Phi) is 2.87. The number of nitrogens with one attached hydrogen (secondary N) is 2. The minimum atomic E-state index is 0.0317. The molecule has 3 saturated carbocycles. The van der Waals surface area contributed by atoms with E-state index < -0.39 is 0 Å². The van der Waals surface area contributed by atoms with Gasteiger partial charge >= 0.3 is 0 Å². The van der Waals surface area contributed by atoms with Crippen LogP contribution in [0.1, 0.15) is 37.0 Å². The molecule has 0 saturated heterocycles. The van der Waals surface area contributed by atoms with Crippen molar-refractivity contribution < 1.29 is 0 Å². The molecular weight excluding hydrogens is 358 g/mol. The highest BCUT2D eigenvalue weighted by molar-refractivity contribution is 9.10. The van der Waals surface area contributed by atoms with Crippen molar-refractivity contribution in [3.05, 3.63) is 33.6 Å². The molecule has 114 valence electrons. The van der Waals surface area contributed by atoms with Gasteiger partial charge in [0.2, 0.25) is 0 Å². The molecule has 2 heterocycles. The molecule has 6 rings (SSSR count). The topological polar surface area (TPSA) is 36.4 Å². The lowest BCUT2D eigenvalue weighted by Crippen LogP contribution is -2.62. The average molecular weight is 376 g/mol. The number of hydrazone groups is 1. The molecule has 1 atom stereocenters. The Balaban J connectivity index is 1.48. The van der Waals surface area contributed by atoms with Gasteiger partial charge in [0.25, 0.3) is 0 Å². The van der Waals surface area contributed by atoms with Crippen LogP contribution in [0.25, 0.3) is 10.1 Å². The summed E-state index contributed by atoms with van der Waals surface area (Å²) in [6, 6.07) is 8.61. The third-order valence-electron chi connectivity index (χ3n) is 5.59. The summed E-state index contributed by atoms with van der Waals surface area (Å²) in [6.45, 7) is 0. The normalized spacial score (nSPS) is 33.0. The van der Waals surface area contributed by atoms with Crippen molar-refractivity contribution in [3.8, 4) is 0 Å². The lowest BCUT2D eigenvalue weighted by molar-refractivity contribution is 0.0394. The maximum Gasteiger partial charge on any atom is 0.165 e. The van der Waals surface area contributed by atoms with Gasteiger partial charge in [-0.25, -0.2) is 0 Å². The van der Waals surface area contributed by atoms with E-state index in [0.717, 1.165) is 17.7 Å². The summed E-state index contributed by atoms with van der Waals surface area (Å²) in [7, 11) is 0. The zero-order chi connectivity index (χ0) is 14.7. The van der Waals surface area contributed by atoms with Crippen molar-refractivity contribution in [2.75, 3.05) is 0 Å². The van der Waals surface area contributed by atoms with E-state index >= 15 is 0 Å². The lowest BCUT2D eigenvalue weighted by atomic mass is 9.64. The third-order valence-corrected chi connectivity index (χ3v) is 7.71. The molecule has 0 radical (unpaired) electrons. The summed E-state index contributed by atoms with van der Waals surface area (Å²) in [5, 5.41) is 9.73. The molecule has 2 aromatic rings. The Hall–Kier alpha value is -1.07. The first-order valence-electron chi connectivity index (χ1n) is 8.05. The molecule has 0 amide bonds. The molecule has 2 bridgehead atoms. The van der Waals surface area contributed by atoms with Crippen LogP contribution in [0.2, 0.25) is 0 Å². The van der Waals surface area contributed by atoms with Crippen molar-refractivity contribution in [1.82, 2.24) is 10.7 Å². The summed E-state index contributed by atoms with van der Waals surface area (Å²) in [5.41, 5.74) is 3.51. The SMILES string of the molecule is Brc1cccc2cc(C3=NN[C@]4(CC5CCC4CC5)N3)sc12. The maximum absolute atomic E-state index is 4.68. The molecule has 3 fully saturated rings. The number of thiophene rings is 1. The fraction of sp³-hybridized carbons (Fsp3) is 0.471. The third kappa shape index (κ3) is 1.88. The summed E-state index contributed by atoms with van der Waals surface area (Å²) in [6.07, 6.45) is 6.71. The van der Waals surface area contributed by atoms with Gasteiger partial charge in [0.1, 0.15) is 5.66 Å². The number of halogens is 1. The van der Waals surface area contributed by atoms with Crippen LogP contribution >= 0.6 is 27.3 Å². The predicted molar refractivity (Wildman–Crippen MR) is 95.1 cm³/mol. The van der Waals surface area contributed by atoms with Crippen LogP contribution in [0.3, 0.4) is 0 Å². The van der Waals surface area contributed by atoms with Gasteiger partial charge in [-0.1, -0.05) is 12.1 Å². The van der Waals surface area contributed by atoms with Gasteiger partial charge in [0.15, 0.2) is 5.84 Å². The number of benzene rings is 1. The van der Waals surface area contributed by atoms with Gasteiger partial charge in [-0.2, -0.15) is 5.10 Å². The van der Waals surface area contributed by atoms with Gasteiger partial charge in [0, 0.05) is 15.1 Å². The molecule has 4 aliphatic rings. The Morgan fingerprint density at radius 1 is 1.23 bits per heavy atom. The standard InChI is InChI=1S/C17H18BrN3S/c18-13-3-1-2-11-8-14(22-15(11)13)16-19-17(21-20-16)9-10-4-6-12(17)7-5-10/h1-3,8,10,12,21H,4-7,9H2,(H,19,20)/t10?,12?,17-/m0/s1. The van der Waals surface area contributed by atoms with Gasteiger partial charge in [-0.3, -0.25) is 5.43 Å². The van der Waals surface area contributed by atoms with E-state index in [1.807, 2.05) is 11.3 Å². The molecule has 1 aromatic carbocycles. The number of amidine groups is 1. The minimum absolute atomic E-state index is 0.0317. The number of nitrogens with zero attached hydrogens (tertiary/aromatic N) is 1. The van der Waals surface area contributed by atoms with E-state index in [9.17, 15) is 0 Å². The highest BCUT2D eigenvalue weighted by atomic mass is 79.9. The quantitative estimate of drug-likeness (QED) is 0.773. The van der Waals surface area contributed by atoms with E-state index in [2.05, 4.69) is 56.0 Å².